The number of nitrogens with zero attached hydrogens (tertiary/aromatic N) is 8. The van der Waals surface area contributed by atoms with E-state index in [0.29, 0.717) is 95.6 Å². The van der Waals surface area contributed by atoms with Crippen molar-refractivity contribution in [2.24, 2.45) is 17.8 Å². The molecule has 11 atom stereocenters. The van der Waals surface area contributed by atoms with Gasteiger partial charge in [-0.25, -0.2) is 0 Å². The number of likely N-dealkylation sites (N-methyl/N-ethyl adjacent to an activating group) is 1. The van der Waals surface area contributed by atoms with Crippen LogP contribution in [-0.2, 0) is 67.8 Å². The molecule has 0 radical (unpaired) electrons. The van der Waals surface area contributed by atoms with Crippen LogP contribution in [0.3, 0.4) is 0 Å². The maximum Gasteiger partial charge on any atom is 0.246 e. The summed E-state index contributed by atoms with van der Waals surface area (Å²) in [4.78, 5) is 90.1. The fraction of sp³-hybridized carbons (Fsp3) is 0.494. The third-order valence-electron chi connectivity index (χ3n) is 21.3. The van der Waals surface area contributed by atoms with Crippen molar-refractivity contribution in [3.05, 3.63) is 203 Å². The number of hydrogen-bond acceptors (Lipinski definition) is 13. The van der Waals surface area contributed by atoms with Crippen LogP contribution in [0, 0.1) is 17.8 Å². The van der Waals surface area contributed by atoms with Crippen LogP contribution >= 0.6 is 0 Å². The van der Waals surface area contributed by atoms with E-state index in [1.54, 1.807) is 16.8 Å². The number of nitrogens with one attached hydrogen (secondary N) is 7. The average Bonchev–Trinajstić information content (AvgIpc) is 1.63. The Morgan fingerprint density at radius 3 is 1.27 bits per heavy atom. The zero-order valence-corrected chi connectivity index (χ0v) is 58.7. The first-order chi connectivity index (χ1) is 48.9. The molecule has 0 bridgehead atoms. The van der Waals surface area contributed by atoms with E-state index in [0.717, 1.165) is 86.5 Å². The molecule has 7 aromatic rings. The highest BCUT2D eigenvalue weighted by atomic mass is 16.2. The molecule has 21 heteroatoms. The highest BCUT2D eigenvalue weighted by Crippen LogP contribution is 2.37. The number of carbonyl (C=O) groups is 6. The van der Waals surface area contributed by atoms with Crippen LogP contribution in [0.1, 0.15) is 174 Å². The van der Waals surface area contributed by atoms with E-state index in [2.05, 4.69) is 106 Å². The first-order valence-electron chi connectivity index (χ1n) is 36.9. The van der Waals surface area contributed by atoms with Gasteiger partial charge in [0.05, 0.1) is 30.5 Å². The lowest BCUT2D eigenvalue weighted by molar-refractivity contribution is -0.144. The van der Waals surface area contributed by atoms with Gasteiger partial charge in [0.25, 0.3) is 0 Å². The summed E-state index contributed by atoms with van der Waals surface area (Å²) in [6.07, 6.45) is 16.7. The van der Waals surface area contributed by atoms with E-state index in [1.807, 2.05) is 140 Å². The molecule has 11 rings (SSSR count). The molecule has 1 unspecified atom stereocenters. The van der Waals surface area contributed by atoms with E-state index in [9.17, 15) is 28.8 Å². The fourth-order valence-electron chi connectivity index (χ4n) is 15.5. The number of fused-ring (bicyclic) bond motifs is 2. The lowest BCUT2D eigenvalue weighted by Crippen LogP contribution is -2.59. The van der Waals surface area contributed by atoms with Crippen molar-refractivity contribution in [3.8, 4) is 0 Å². The predicted octanol–water partition coefficient (Wildman–Crippen LogP) is 8.85. The van der Waals surface area contributed by atoms with Gasteiger partial charge < -0.3 is 47.0 Å². The minimum absolute atomic E-state index is 0.103. The van der Waals surface area contributed by atoms with Gasteiger partial charge in [-0.05, 0) is 150 Å². The zero-order valence-electron chi connectivity index (χ0n) is 58.7. The zero-order chi connectivity index (χ0) is 69.7. The molecule has 6 amide bonds. The lowest BCUT2D eigenvalue weighted by Gasteiger charge is -2.33. The quantitative estimate of drug-likeness (QED) is 0.0186. The monoisotopic (exact) mass is 1360 g/mol. The molecule has 2 aromatic heterocycles. The molecule has 4 aliphatic heterocycles. The Bertz CT molecular complexity index is 3490. The molecular weight excluding hydrogens is 1250 g/mol. The van der Waals surface area contributed by atoms with Crippen LogP contribution in [-0.4, -0.2) is 138 Å². The van der Waals surface area contributed by atoms with Gasteiger partial charge in [0.1, 0.15) is 35.6 Å². The first kappa shape index (κ1) is 72.3. The second-order valence-electron chi connectivity index (χ2n) is 27.9. The van der Waals surface area contributed by atoms with E-state index in [4.69, 9.17) is 0 Å². The van der Waals surface area contributed by atoms with Crippen molar-refractivity contribution < 1.29 is 28.8 Å². The summed E-state index contributed by atoms with van der Waals surface area (Å²) >= 11 is 0. The number of aromatic nitrogens is 6. The first-order valence-corrected chi connectivity index (χ1v) is 36.9. The van der Waals surface area contributed by atoms with E-state index < -0.39 is 42.3 Å². The number of rotatable bonds is 34. The number of unbranched alkanes of at least 4 members (excludes halogenated alkanes) is 2. The highest BCUT2D eigenvalue weighted by molar-refractivity contribution is 5.95. The fourth-order valence-corrected chi connectivity index (χ4v) is 15.5. The van der Waals surface area contributed by atoms with Crippen molar-refractivity contribution >= 4 is 35.4 Å². The summed E-state index contributed by atoms with van der Waals surface area (Å²) in [5.41, 5.74) is 7.77. The van der Waals surface area contributed by atoms with Crippen LogP contribution in [0.15, 0.2) is 158 Å². The number of hydrogen-bond donors (Lipinski definition) is 7. The number of benzene rings is 5. The van der Waals surface area contributed by atoms with E-state index >= 15 is 0 Å². The molecule has 7 N–H and O–H groups in total. The van der Waals surface area contributed by atoms with Crippen molar-refractivity contribution in [3.63, 3.8) is 0 Å². The van der Waals surface area contributed by atoms with Gasteiger partial charge in [-0.3, -0.25) is 38.1 Å². The standard InChI is InChI=1S/C79H103N15O6/c1-5-58(6-2)74(95)85-72-61(50-81-48-56-26-12-8-13-27-56)38-40-63-42-44-68(93(63)78(72)99)76(97)83-70(59-30-16-10-17-31-59)66-52-91(89-87-66)46-22-20-24-54-34-36-55(37-35-54)25-21-23-47-92-53-67(88-90-92)71(60-32-18-11-19-33-60)84-77(98)69-45-43-64-41-39-62(51-82-49-57-28-14-9-15-29-57)73(79(100)94(64)69)86-75(96)65(7-3)80-4/h8-19,26-37,52-53,58,61-65,68-73,80-82H,5-7,20-25,38-51H2,1-4H3,(H,83,97)(H,84,98)(H,85,95)(H,86,96)/t61-,62-,63+,64+,65+,68?,69+,70+,71+,72+,73+/m1/s1. The molecule has 100 heavy (non-hydrogen) atoms. The Labute approximate surface area is 589 Å². The number of aryl methyl sites for hydroxylation is 4. The molecule has 6 heterocycles. The van der Waals surface area contributed by atoms with Gasteiger partial charge >= 0.3 is 0 Å². The lowest BCUT2D eigenvalue weighted by atomic mass is 9.92. The Balaban J connectivity index is 0.649. The maximum absolute atomic E-state index is 14.9. The highest BCUT2D eigenvalue weighted by Gasteiger charge is 2.50. The van der Waals surface area contributed by atoms with Gasteiger partial charge in [-0.2, -0.15) is 0 Å². The maximum atomic E-state index is 14.9. The van der Waals surface area contributed by atoms with Crippen LogP contribution in [0.2, 0.25) is 0 Å². The molecule has 0 saturated carbocycles. The van der Waals surface area contributed by atoms with Gasteiger partial charge in [0, 0.05) is 69.1 Å². The molecule has 0 spiro atoms. The van der Waals surface area contributed by atoms with Crippen LogP contribution < -0.4 is 37.2 Å². The minimum atomic E-state index is -0.792. The molecular formula is C79H103N15O6. The van der Waals surface area contributed by atoms with Gasteiger partial charge in [0.2, 0.25) is 35.4 Å². The molecule has 5 aromatic carbocycles. The molecule has 4 fully saturated rings. The summed E-state index contributed by atoms with van der Waals surface area (Å²) in [6, 6.07) is 43.9. The second-order valence-corrected chi connectivity index (χ2v) is 27.9. The largest absolute Gasteiger partial charge is 0.344 e. The predicted molar refractivity (Wildman–Crippen MR) is 385 cm³/mol. The minimum Gasteiger partial charge on any atom is -0.344 e. The molecule has 0 aliphatic carbocycles. The molecule has 21 nitrogen and oxygen atoms in total. The van der Waals surface area contributed by atoms with Crippen molar-refractivity contribution in [2.45, 2.75) is 210 Å². The Hall–Kier alpha value is -8.92. The van der Waals surface area contributed by atoms with E-state index in [1.165, 1.54) is 11.1 Å². The van der Waals surface area contributed by atoms with Crippen LogP contribution in [0.4, 0.5) is 0 Å². The Kier molecular flexibility index (Phi) is 26.0. The van der Waals surface area contributed by atoms with Crippen molar-refractivity contribution in [2.75, 3.05) is 20.1 Å². The second kappa shape index (κ2) is 35.9. The average molecular weight is 1360 g/mol. The molecule has 530 valence electrons. The molecule has 4 saturated heterocycles. The van der Waals surface area contributed by atoms with Gasteiger partial charge in [-0.1, -0.05) is 177 Å². The summed E-state index contributed by atoms with van der Waals surface area (Å²) in [6.45, 7) is 9.65. The molecule has 4 aliphatic rings. The smallest absolute Gasteiger partial charge is 0.246 e. The SMILES string of the molecule is CCC(CC)C(=O)N[C@@H]1C(=O)N2C(C(=O)N[C@@H](c3ccccc3)c3cn(CCCCc4ccc(CCCCn5cc([C@@H](NC(=O)[C@@H]6CC[C@@H]7CC[C@H](CNCc8ccccc8)[C@H](NC(=O)[C@H](CC)NC)C(=O)N76)c6ccccc6)nn5)cc4)nn3)CC[C@@H]2CC[C@@H]1CNCc1ccccc1. The Morgan fingerprint density at radius 2 is 0.870 bits per heavy atom. The van der Waals surface area contributed by atoms with E-state index in [-0.39, 0.29) is 65.3 Å². The summed E-state index contributed by atoms with van der Waals surface area (Å²) < 4.78 is 3.70. The third kappa shape index (κ3) is 18.5. The van der Waals surface area contributed by atoms with Gasteiger partial charge in [0.15, 0.2) is 0 Å². The van der Waals surface area contributed by atoms with Crippen molar-refractivity contribution in [1.29, 1.82) is 0 Å². The normalized spacial score (nSPS) is 21.5. The topological polar surface area (TPSA) is 255 Å². The van der Waals surface area contributed by atoms with Crippen LogP contribution in [0.25, 0.3) is 0 Å². The Morgan fingerprint density at radius 1 is 0.470 bits per heavy atom. The van der Waals surface area contributed by atoms with Crippen molar-refractivity contribution in [1.82, 2.24) is 77.0 Å². The summed E-state index contributed by atoms with van der Waals surface area (Å²) in [7, 11) is 1.75. The summed E-state index contributed by atoms with van der Waals surface area (Å²) in [5.74, 6) is -1.72. The number of carbonyl (C=O) groups excluding carboxylic acids is 6. The van der Waals surface area contributed by atoms with Crippen LogP contribution in [0.5, 0.6) is 0 Å². The third-order valence-corrected chi connectivity index (χ3v) is 21.3. The number of amides is 6. The van der Waals surface area contributed by atoms with Gasteiger partial charge in [-0.15, -0.1) is 10.2 Å². The summed E-state index contributed by atoms with van der Waals surface area (Å²) in [5, 5.41) is 41.5.